The zero-order valence-corrected chi connectivity index (χ0v) is 16.9. The number of hydrogen-bond acceptors (Lipinski definition) is 4. The number of amides is 1. The van der Waals surface area contributed by atoms with E-state index >= 15 is 0 Å². The molecular formula is C19H28N2O5S. The van der Waals surface area contributed by atoms with Crippen molar-refractivity contribution in [3.05, 3.63) is 23.8 Å². The van der Waals surface area contributed by atoms with Crippen LogP contribution in [0.1, 0.15) is 51.5 Å². The summed E-state index contributed by atoms with van der Waals surface area (Å²) in [5.74, 6) is -1.30. The number of aryl methyl sites for hydroxylation is 1. The Kier molecular flexibility index (Phi) is 6.64. The van der Waals surface area contributed by atoms with Crippen molar-refractivity contribution in [2.45, 2.75) is 57.8 Å². The highest BCUT2D eigenvalue weighted by Crippen LogP contribution is 2.28. The number of sulfonamides is 1. The Labute approximate surface area is 160 Å². The minimum Gasteiger partial charge on any atom is -0.481 e. The average Bonchev–Trinajstić information content (AvgIpc) is 2.55. The Bertz CT molecular complexity index is 811. The van der Waals surface area contributed by atoms with Crippen molar-refractivity contribution in [3.8, 4) is 0 Å². The number of hydrogen-bond donors (Lipinski definition) is 2. The van der Waals surface area contributed by atoms with Gasteiger partial charge in [0, 0.05) is 25.2 Å². The first-order valence-corrected chi connectivity index (χ1v) is 10.6. The van der Waals surface area contributed by atoms with E-state index in [4.69, 9.17) is 5.11 Å². The largest absolute Gasteiger partial charge is 0.481 e. The minimum absolute atomic E-state index is 0.0292. The Morgan fingerprint density at radius 2 is 1.78 bits per heavy atom. The van der Waals surface area contributed by atoms with E-state index in [9.17, 15) is 18.0 Å². The molecule has 1 saturated heterocycles. The molecule has 0 saturated carbocycles. The van der Waals surface area contributed by atoms with Crippen LogP contribution in [0.25, 0.3) is 0 Å². The third-order valence-electron chi connectivity index (χ3n) is 4.67. The van der Waals surface area contributed by atoms with Crippen LogP contribution in [0.15, 0.2) is 23.1 Å². The van der Waals surface area contributed by atoms with Crippen molar-refractivity contribution < 1.29 is 23.1 Å². The van der Waals surface area contributed by atoms with Crippen molar-refractivity contribution in [1.82, 2.24) is 4.31 Å². The number of benzene rings is 1. The van der Waals surface area contributed by atoms with Gasteiger partial charge in [0.1, 0.15) is 0 Å². The molecule has 1 aliphatic heterocycles. The van der Waals surface area contributed by atoms with Gasteiger partial charge in [-0.25, -0.2) is 8.42 Å². The van der Waals surface area contributed by atoms with E-state index < -0.39 is 21.4 Å². The molecule has 1 fully saturated rings. The van der Waals surface area contributed by atoms with Crippen LogP contribution in [0.2, 0.25) is 0 Å². The Morgan fingerprint density at radius 3 is 2.37 bits per heavy atom. The third kappa shape index (κ3) is 5.77. The second-order valence-electron chi connectivity index (χ2n) is 7.90. The van der Waals surface area contributed by atoms with Crippen LogP contribution in [-0.2, 0) is 19.6 Å². The maximum atomic E-state index is 12.9. The number of piperidine rings is 1. The summed E-state index contributed by atoms with van der Waals surface area (Å²) in [6.45, 7) is 6.19. The molecule has 8 heteroatoms. The van der Waals surface area contributed by atoms with E-state index in [-0.39, 0.29) is 23.6 Å². The summed E-state index contributed by atoms with van der Waals surface area (Å²) < 4.78 is 27.4. The van der Waals surface area contributed by atoms with Gasteiger partial charge in [-0.2, -0.15) is 4.31 Å². The van der Waals surface area contributed by atoms with Crippen LogP contribution in [0.5, 0.6) is 0 Å². The van der Waals surface area contributed by atoms with E-state index in [0.717, 1.165) is 19.3 Å². The molecule has 1 aromatic rings. The van der Waals surface area contributed by atoms with Crippen LogP contribution in [0.4, 0.5) is 5.69 Å². The standard InChI is InChI=1S/C19H28N2O5S/c1-14-7-8-15(20-17(22)12-19(2,3)13-18(23)24)11-16(14)27(25,26)21-9-5-4-6-10-21/h7-8,11H,4-6,9-10,12-13H2,1-3H3,(H,20,22)(H,23,24). The van der Waals surface area contributed by atoms with Gasteiger partial charge in [0.2, 0.25) is 15.9 Å². The maximum Gasteiger partial charge on any atom is 0.303 e. The van der Waals surface area contributed by atoms with Gasteiger partial charge in [0.25, 0.3) is 0 Å². The molecule has 1 heterocycles. The second-order valence-corrected chi connectivity index (χ2v) is 9.81. The smallest absolute Gasteiger partial charge is 0.303 e. The molecule has 150 valence electrons. The molecule has 27 heavy (non-hydrogen) atoms. The number of aliphatic carboxylic acids is 1. The van der Waals surface area contributed by atoms with E-state index in [1.54, 1.807) is 32.9 Å². The fourth-order valence-electron chi connectivity index (χ4n) is 3.31. The van der Waals surface area contributed by atoms with Crippen LogP contribution < -0.4 is 5.32 Å². The topological polar surface area (TPSA) is 104 Å². The first-order chi connectivity index (χ1) is 12.5. The molecule has 2 N–H and O–H groups in total. The molecule has 0 spiro atoms. The molecule has 1 aliphatic rings. The van der Waals surface area contributed by atoms with Crippen LogP contribution in [-0.4, -0.2) is 42.8 Å². The highest BCUT2D eigenvalue weighted by molar-refractivity contribution is 7.89. The molecular weight excluding hydrogens is 368 g/mol. The van der Waals surface area contributed by atoms with Crippen molar-refractivity contribution >= 4 is 27.6 Å². The van der Waals surface area contributed by atoms with Crippen LogP contribution in [0, 0.1) is 12.3 Å². The van der Waals surface area contributed by atoms with Gasteiger partial charge in [-0.3, -0.25) is 9.59 Å². The summed E-state index contributed by atoms with van der Waals surface area (Å²) >= 11 is 0. The first kappa shape index (κ1) is 21.4. The number of rotatable bonds is 7. The monoisotopic (exact) mass is 396 g/mol. The van der Waals surface area contributed by atoms with E-state index in [1.165, 1.54) is 10.4 Å². The summed E-state index contributed by atoms with van der Waals surface area (Å²) in [6, 6.07) is 4.82. The second kappa shape index (κ2) is 8.39. The molecule has 0 unspecified atom stereocenters. The summed E-state index contributed by atoms with van der Waals surface area (Å²) in [4.78, 5) is 23.4. The lowest BCUT2D eigenvalue weighted by atomic mass is 9.85. The highest BCUT2D eigenvalue weighted by Gasteiger charge is 2.28. The molecule has 2 rings (SSSR count). The minimum atomic E-state index is -3.60. The Morgan fingerprint density at radius 1 is 1.15 bits per heavy atom. The third-order valence-corrected chi connectivity index (χ3v) is 6.71. The van der Waals surface area contributed by atoms with Gasteiger partial charge in [-0.05, 0) is 42.9 Å². The summed E-state index contributed by atoms with van der Waals surface area (Å²) in [5.41, 5.74) is 0.334. The summed E-state index contributed by atoms with van der Waals surface area (Å²) in [5, 5.41) is 11.6. The summed E-state index contributed by atoms with van der Waals surface area (Å²) in [6.07, 6.45) is 2.65. The van der Waals surface area contributed by atoms with Crippen molar-refractivity contribution in [2.75, 3.05) is 18.4 Å². The predicted octanol–water partition coefficient (Wildman–Crippen LogP) is 3.00. The zero-order chi connectivity index (χ0) is 20.2. The molecule has 1 aromatic carbocycles. The SMILES string of the molecule is Cc1ccc(NC(=O)CC(C)(C)CC(=O)O)cc1S(=O)(=O)N1CCCCC1. The van der Waals surface area contributed by atoms with Gasteiger partial charge in [-0.1, -0.05) is 26.3 Å². The van der Waals surface area contributed by atoms with Crippen LogP contribution in [0.3, 0.4) is 0 Å². The Balaban J connectivity index is 2.17. The van der Waals surface area contributed by atoms with Gasteiger partial charge in [-0.15, -0.1) is 0 Å². The molecule has 7 nitrogen and oxygen atoms in total. The lowest BCUT2D eigenvalue weighted by Crippen LogP contribution is -2.36. The number of carbonyl (C=O) groups excluding carboxylic acids is 1. The maximum absolute atomic E-state index is 12.9. The normalized spacial score (nSPS) is 16.1. The molecule has 0 radical (unpaired) electrons. The van der Waals surface area contributed by atoms with Gasteiger partial charge in [0.15, 0.2) is 0 Å². The molecule has 0 aromatic heterocycles. The number of nitrogens with one attached hydrogen (secondary N) is 1. The molecule has 1 amide bonds. The molecule has 0 atom stereocenters. The van der Waals surface area contributed by atoms with Crippen molar-refractivity contribution in [2.24, 2.45) is 5.41 Å². The first-order valence-electron chi connectivity index (χ1n) is 9.14. The fourth-order valence-corrected chi connectivity index (χ4v) is 5.08. The number of carbonyl (C=O) groups is 2. The molecule has 0 aliphatic carbocycles. The summed E-state index contributed by atoms with van der Waals surface area (Å²) in [7, 11) is -3.60. The van der Waals surface area contributed by atoms with Crippen molar-refractivity contribution in [1.29, 1.82) is 0 Å². The van der Waals surface area contributed by atoms with Crippen LogP contribution >= 0.6 is 0 Å². The number of nitrogens with zero attached hydrogens (tertiary/aromatic N) is 1. The van der Waals surface area contributed by atoms with Crippen molar-refractivity contribution in [3.63, 3.8) is 0 Å². The number of carboxylic acids is 1. The number of carboxylic acid groups (broad SMARTS) is 1. The van der Waals surface area contributed by atoms with E-state index in [0.29, 0.717) is 24.3 Å². The number of anilines is 1. The van der Waals surface area contributed by atoms with E-state index in [2.05, 4.69) is 5.32 Å². The average molecular weight is 397 g/mol. The van der Waals surface area contributed by atoms with Gasteiger partial charge >= 0.3 is 5.97 Å². The lowest BCUT2D eigenvalue weighted by molar-refractivity contribution is -0.139. The highest BCUT2D eigenvalue weighted by atomic mass is 32.2. The van der Waals surface area contributed by atoms with E-state index in [1.807, 2.05) is 0 Å². The van der Waals surface area contributed by atoms with Gasteiger partial charge < -0.3 is 10.4 Å². The fraction of sp³-hybridized carbons (Fsp3) is 0.579. The zero-order valence-electron chi connectivity index (χ0n) is 16.1. The molecule has 0 bridgehead atoms. The Hall–Kier alpha value is -1.93. The quantitative estimate of drug-likeness (QED) is 0.737. The lowest BCUT2D eigenvalue weighted by Gasteiger charge is -2.27. The predicted molar refractivity (Wildman–Crippen MR) is 103 cm³/mol. The van der Waals surface area contributed by atoms with Gasteiger partial charge in [0.05, 0.1) is 11.3 Å².